The zero-order valence-electron chi connectivity index (χ0n) is 9.20. The molecule has 0 saturated carbocycles. The maximum absolute atomic E-state index is 5.93. The number of benzene rings is 1. The third-order valence-corrected chi connectivity index (χ3v) is 2.98. The highest BCUT2D eigenvalue weighted by Crippen LogP contribution is 2.25. The molecule has 0 aliphatic carbocycles. The maximum Gasteiger partial charge on any atom is 0.0722 e. The lowest BCUT2D eigenvalue weighted by molar-refractivity contribution is 0.734. The standard InChI is InChI=1S/C13H16N2/c1-3-9(2)10-4-5-13-11(8-10)12(14)6-7-15-13/h4-9H,3H2,1-2H3,(H2,14,15). The molecular weight excluding hydrogens is 184 g/mol. The van der Waals surface area contributed by atoms with E-state index in [-0.39, 0.29) is 0 Å². The van der Waals surface area contributed by atoms with Crippen molar-refractivity contribution in [3.05, 3.63) is 36.0 Å². The molecule has 1 atom stereocenters. The maximum atomic E-state index is 5.93. The SMILES string of the molecule is CCC(C)c1ccc2nccc(N)c2c1. The van der Waals surface area contributed by atoms with Gasteiger partial charge in [-0.25, -0.2) is 0 Å². The molecule has 2 N–H and O–H groups in total. The van der Waals surface area contributed by atoms with E-state index in [9.17, 15) is 0 Å². The molecule has 0 spiro atoms. The third kappa shape index (κ3) is 1.80. The first-order valence-electron chi connectivity index (χ1n) is 5.36. The first-order chi connectivity index (χ1) is 7.22. The highest BCUT2D eigenvalue weighted by Gasteiger charge is 2.05. The molecule has 2 nitrogen and oxygen atoms in total. The summed E-state index contributed by atoms with van der Waals surface area (Å²) in [5, 5.41) is 1.07. The van der Waals surface area contributed by atoms with Crippen molar-refractivity contribution in [2.45, 2.75) is 26.2 Å². The van der Waals surface area contributed by atoms with E-state index >= 15 is 0 Å². The number of nitrogens with two attached hydrogens (primary N) is 1. The third-order valence-electron chi connectivity index (χ3n) is 2.98. The van der Waals surface area contributed by atoms with Crippen molar-refractivity contribution in [2.24, 2.45) is 0 Å². The van der Waals surface area contributed by atoms with Crippen molar-refractivity contribution in [1.82, 2.24) is 4.98 Å². The molecule has 1 aromatic carbocycles. The van der Waals surface area contributed by atoms with Crippen molar-refractivity contribution in [1.29, 1.82) is 0 Å². The molecular formula is C13H16N2. The Morgan fingerprint density at radius 2 is 2.13 bits per heavy atom. The predicted molar refractivity (Wildman–Crippen MR) is 64.9 cm³/mol. The first-order valence-corrected chi connectivity index (χ1v) is 5.36. The Hall–Kier alpha value is -1.57. The van der Waals surface area contributed by atoms with E-state index in [1.807, 2.05) is 12.1 Å². The number of pyridine rings is 1. The van der Waals surface area contributed by atoms with Gasteiger partial charge in [-0.05, 0) is 36.1 Å². The van der Waals surface area contributed by atoms with E-state index in [4.69, 9.17) is 5.73 Å². The van der Waals surface area contributed by atoms with Crippen LogP contribution in [0.1, 0.15) is 31.7 Å². The average molecular weight is 200 g/mol. The number of hydrogen-bond acceptors (Lipinski definition) is 2. The smallest absolute Gasteiger partial charge is 0.0722 e. The summed E-state index contributed by atoms with van der Waals surface area (Å²) in [6.45, 7) is 4.43. The van der Waals surface area contributed by atoms with E-state index in [1.54, 1.807) is 6.20 Å². The molecule has 0 amide bonds. The molecule has 2 rings (SSSR count). The van der Waals surface area contributed by atoms with E-state index in [2.05, 4.69) is 31.0 Å². The number of nitrogen functional groups attached to an aromatic ring is 1. The molecule has 0 aliphatic rings. The van der Waals surface area contributed by atoms with Gasteiger partial charge in [0.1, 0.15) is 0 Å². The molecule has 0 saturated heterocycles. The Labute approximate surface area is 90.1 Å². The summed E-state index contributed by atoms with van der Waals surface area (Å²) in [6, 6.07) is 8.20. The van der Waals surface area contributed by atoms with Crippen LogP contribution in [0, 0.1) is 0 Å². The Morgan fingerprint density at radius 1 is 1.33 bits per heavy atom. The number of hydrogen-bond donors (Lipinski definition) is 1. The van der Waals surface area contributed by atoms with Crippen LogP contribution in [0.2, 0.25) is 0 Å². The topological polar surface area (TPSA) is 38.9 Å². The van der Waals surface area contributed by atoms with Crippen LogP contribution < -0.4 is 5.73 Å². The van der Waals surface area contributed by atoms with Crippen LogP contribution in [-0.4, -0.2) is 4.98 Å². The Morgan fingerprint density at radius 3 is 2.87 bits per heavy atom. The van der Waals surface area contributed by atoms with Crippen LogP contribution in [0.25, 0.3) is 10.9 Å². The minimum absolute atomic E-state index is 0.578. The van der Waals surface area contributed by atoms with E-state index in [0.717, 1.165) is 23.0 Å². The highest BCUT2D eigenvalue weighted by atomic mass is 14.7. The largest absolute Gasteiger partial charge is 0.398 e. The van der Waals surface area contributed by atoms with Gasteiger partial charge in [0.15, 0.2) is 0 Å². The lowest BCUT2D eigenvalue weighted by atomic mass is 9.97. The zero-order chi connectivity index (χ0) is 10.8. The number of rotatable bonds is 2. The number of aromatic nitrogens is 1. The molecule has 1 aromatic heterocycles. The van der Waals surface area contributed by atoms with Gasteiger partial charge in [-0.2, -0.15) is 0 Å². The molecule has 2 aromatic rings. The van der Waals surface area contributed by atoms with Crippen molar-refractivity contribution in [3.63, 3.8) is 0 Å². The fourth-order valence-corrected chi connectivity index (χ4v) is 1.73. The normalized spacial score (nSPS) is 12.9. The summed E-state index contributed by atoms with van der Waals surface area (Å²) in [4.78, 5) is 4.29. The van der Waals surface area contributed by atoms with E-state index in [0.29, 0.717) is 5.92 Å². The van der Waals surface area contributed by atoms with Gasteiger partial charge in [0.25, 0.3) is 0 Å². The monoisotopic (exact) mass is 200 g/mol. The fraction of sp³-hybridized carbons (Fsp3) is 0.308. The number of nitrogens with zero attached hydrogens (tertiary/aromatic N) is 1. The van der Waals surface area contributed by atoms with Crippen LogP contribution >= 0.6 is 0 Å². The molecule has 0 aliphatic heterocycles. The summed E-state index contributed by atoms with van der Waals surface area (Å²) in [6.07, 6.45) is 2.90. The predicted octanol–water partition coefficient (Wildman–Crippen LogP) is 3.33. The molecule has 0 radical (unpaired) electrons. The molecule has 0 bridgehead atoms. The van der Waals surface area contributed by atoms with Gasteiger partial charge in [-0.1, -0.05) is 19.9 Å². The Balaban J connectivity index is 2.59. The zero-order valence-corrected chi connectivity index (χ0v) is 9.20. The molecule has 2 heteroatoms. The second-order valence-electron chi connectivity index (χ2n) is 3.99. The summed E-state index contributed by atoms with van der Waals surface area (Å²) in [5.74, 6) is 0.578. The lowest BCUT2D eigenvalue weighted by Crippen LogP contribution is -1.94. The highest BCUT2D eigenvalue weighted by molar-refractivity contribution is 5.90. The van der Waals surface area contributed by atoms with Gasteiger partial charge in [-0.3, -0.25) is 4.98 Å². The summed E-state index contributed by atoms with van der Waals surface area (Å²) < 4.78 is 0. The van der Waals surface area contributed by atoms with Crippen molar-refractivity contribution in [2.75, 3.05) is 5.73 Å². The first kappa shape index (κ1) is 9.97. The van der Waals surface area contributed by atoms with Gasteiger partial charge < -0.3 is 5.73 Å². The summed E-state index contributed by atoms with van der Waals surface area (Å²) in [5.41, 5.74) is 9.05. The summed E-state index contributed by atoms with van der Waals surface area (Å²) >= 11 is 0. The van der Waals surface area contributed by atoms with Crippen LogP contribution in [0.15, 0.2) is 30.5 Å². The quantitative estimate of drug-likeness (QED) is 0.807. The van der Waals surface area contributed by atoms with Crippen LogP contribution in [-0.2, 0) is 0 Å². The van der Waals surface area contributed by atoms with E-state index < -0.39 is 0 Å². The van der Waals surface area contributed by atoms with Gasteiger partial charge in [0, 0.05) is 17.3 Å². The minimum atomic E-state index is 0.578. The van der Waals surface area contributed by atoms with Crippen molar-refractivity contribution >= 4 is 16.6 Å². The van der Waals surface area contributed by atoms with Crippen molar-refractivity contribution < 1.29 is 0 Å². The lowest BCUT2D eigenvalue weighted by Gasteiger charge is -2.10. The summed E-state index contributed by atoms with van der Waals surface area (Å²) in [7, 11) is 0. The van der Waals surface area contributed by atoms with E-state index in [1.165, 1.54) is 5.56 Å². The second kappa shape index (κ2) is 3.89. The fourth-order valence-electron chi connectivity index (χ4n) is 1.73. The van der Waals surface area contributed by atoms with Gasteiger partial charge in [0.05, 0.1) is 5.52 Å². The second-order valence-corrected chi connectivity index (χ2v) is 3.99. The van der Waals surface area contributed by atoms with Crippen LogP contribution in [0.3, 0.4) is 0 Å². The van der Waals surface area contributed by atoms with Gasteiger partial charge in [-0.15, -0.1) is 0 Å². The van der Waals surface area contributed by atoms with Gasteiger partial charge >= 0.3 is 0 Å². The molecule has 78 valence electrons. The molecule has 15 heavy (non-hydrogen) atoms. The van der Waals surface area contributed by atoms with Crippen LogP contribution in [0.5, 0.6) is 0 Å². The van der Waals surface area contributed by atoms with Crippen LogP contribution in [0.4, 0.5) is 5.69 Å². The van der Waals surface area contributed by atoms with Gasteiger partial charge in [0.2, 0.25) is 0 Å². The minimum Gasteiger partial charge on any atom is -0.398 e. The number of fused-ring (bicyclic) bond motifs is 1. The molecule has 1 unspecified atom stereocenters. The average Bonchev–Trinajstić information content (AvgIpc) is 2.28. The Bertz CT molecular complexity index is 477. The number of anilines is 1. The molecule has 0 fully saturated rings. The van der Waals surface area contributed by atoms with Crippen molar-refractivity contribution in [3.8, 4) is 0 Å². The molecule has 1 heterocycles. The Kier molecular flexibility index (Phi) is 2.58.